The third-order valence-corrected chi connectivity index (χ3v) is 7.33. The summed E-state index contributed by atoms with van der Waals surface area (Å²) in [7, 11) is -3.72. The summed E-state index contributed by atoms with van der Waals surface area (Å²) in [4.78, 5) is 12.2. The van der Waals surface area contributed by atoms with Gasteiger partial charge in [-0.1, -0.05) is 24.1 Å². The number of halogens is 1. The third-order valence-electron chi connectivity index (χ3n) is 5.38. The largest absolute Gasteiger partial charge is 0.338 e. The van der Waals surface area contributed by atoms with Gasteiger partial charge in [-0.15, -0.1) is 0 Å². The molecule has 6 nitrogen and oxygen atoms in total. The molecule has 0 bridgehead atoms. The number of sulfonamides is 1. The molecule has 1 heterocycles. The monoisotopic (exact) mass is 433 g/mol. The number of carbonyl (C=O) groups excluding carboxylic acids is 1. The average Bonchev–Trinajstić information content (AvgIpc) is 2.72. The van der Waals surface area contributed by atoms with Gasteiger partial charge in [0.05, 0.1) is 4.90 Å². The second kappa shape index (κ2) is 9.57. The van der Waals surface area contributed by atoms with E-state index in [0.717, 1.165) is 24.8 Å². The van der Waals surface area contributed by atoms with Gasteiger partial charge < -0.3 is 10.6 Å². The van der Waals surface area contributed by atoms with Crippen LogP contribution < -0.4 is 10.6 Å². The number of nitrogens with zero attached hydrogens (tertiary/aromatic N) is 1. The van der Waals surface area contributed by atoms with Crippen LogP contribution in [0.2, 0.25) is 0 Å². The van der Waals surface area contributed by atoms with Gasteiger partial charge in [0.15, 0.2) is 0 Å². The van der Waals surface area contributed by atoms with Crippen molar-refractivity contribution in [2.45, 2.75) is 50.5 Å². The topological polar surface area (TPSA) is 78.5 Å². The van der Waals surface area contributed by atoms with Crippen LogP contribution in [0.4, 0.5) is 14.9 Å². The van der Waals surface area contributed by atoms with E-state index in [1.165, 1.54) is 22.5 Å². The summed E-state index contributed by atoms with van der Waals surface area (Å²) < 4.78 is 41.3. The molecule has 1 saturated heterocycles. The van der Waals surface area contributed by atoms with Crippen LogP contribution in [0.15, 0.2) is 47.4 Å². The van der Waals surface area contributed by atoms with Crippen molar-refractivity contribution < 1.29 is 17.6 Å². The van der Waals surface area contributed by atoms with Crippen molar-refractivity contribution >= 4 is 21.7 Å². The Labute approximate surface area is 177 Å². The van der Waals surface area contributed by atoms with E-state index < -0.39 is 15.8 Å². The number of carbonyl (C=O) groups is 1. The average molecular weight is 434 g/mol. The quantitative estimate of drug-likeness (QED) is 0.717. The fourth-order valence-corrected chi connectivity index (χ4v) is 5.47. The molecule has 0 aliphatic carbocycles. The van der Waals surface area contributed by atoms with E-state index in [9.17, 15) is 17.6 Å². The van der Waals surface area contributed by atoms with Crippen LogP contribution in [-0.2, 0) is 10.0 Å². The molecule has 1 aliphatic heterocycles. The van der Waals surface area contributed by atoms with Crippen LogP contribution in [-0.4, -0.2) is 37.9 Å². The maximum Gasteiger partial charge on any atom is 0.319 e. The minimum atomic E-state index is -3.72. The van der Waals surface area contributed by atoms with Crippen molar-refractivity contribution in [3.05, 3.63) is 59.4 Å². The fraction of sp³-hybridized carbons (Fsp3) is 0.409. The molecule has 162 valence electrons. The summed E-state index contributed by atoms with van der Waals surface area (Å²) in [5.41, 5.74) is 2.11. The maximum absolute atomic E-state index is 13.6. The first kappa shape index (κ1) is 22.2. The molecule has 2 N–H and O–H groups in total. The molecule has 1 unspecified atom stereocenters. The molecule has 30 heavy (non-hydrogen) atoms. The lowest BCUT2D eigenvalue weighted by Gasteiger charge is -2.34. The number of anilines is 1. The molecule has 2 amide bonds. The smallest absolute Gasteiger partial charge is 0.319 e. The Kier molecular flexibility index (Phi) is 7.10. The Morgan fingerprint density at radius 3 is 2.57 bits per heavy atom. The number of hydrogen-bond donors (Lipinski definition) is 2. The first-order valence-electron chi connectivity index (χ1n) is 10.2. The first-order valence-corrected chi connectivity index (χ1v) is 11.6. The number of benzene rings is 2. The highest BCUT2D eigenvalue weighted by Crippen LogP contribution is 2.27. The summed E-state index contributed by atoms with van der Waals surface area (Å²) in [6.45, 7) is 4.31. The molecule has 1 atom stereocenters. The van der Waals surface area contributed by atoms with Crippen molar-refractivity contribution in [2.24, 2.45) is 0 Å². The van der Waals surface area contributed by atoms with Crippen molar-refractivity contribution in [3.63, 3.8) is 0 Å². The van der Waals surface area contributed by atoms with Crippen LogP contribution in [0, 0.1) is 19.7 Å². The van der Waals surface area contributed by atoms with Crippen LogP contribution in [0.5, 0.6) is 0 Å². The van der Waals surface area contributed by atoms with Gasteiger partial charge >= 0.3 is 6.03 Å². The lowest BCUT2D eigenvalue weighted by molar-refractivity contribution is 0.234. The summed E-state index contributed by atoms with van der Waals surface area (Å²) in [5.74, 6) is -0.423. The molecule has 8 heteroatoms. The minimum Gasteiger partial charge on any atom is -0.338 e. The zero-order valence-corrected chi connectivity index (χ0v) is 18.1. The lowest BCUT2D eigenvalue weighted by Crippen LogP contribution is -2.45. The maximum atomic E-state index is 13.6. The number of urea groups is 1. The first-order chi connectivity index (χ1) is 14.3. The van der Waals surface area contributed by atoms with Crippen molar-refractivity contribution in [1.82, 2.24) is 9.62 Å². The molecule has 0 spiro atoms. The minimum absolute atomic E-state index is 0.110. The highest BCUT2D eigenvalue weighted by atomic mass is 32.2. The molecular formula is C22H28FN3O3S. The van der Waals surface area contributed by atoms with E-state index in [-0.39, 0.29) is 17.0 Å². The van der Waals surface area contributed by atoms with Crippen LogP contribution in [0.25, 0.3) is 0 Å². The van der Waals surface area contributed by atoms with Gasteiger partial charge in [-0.3, -0.25) is 0 Å². The normalized spacial score (nSPS) is 17.5. The molecule has 2 aromatic rings. The molecule has 2 aromatic carbocycles. The highest BCUT2D eigenvalue weighted by molar-refractivity contribution is 7.89. The second-order valence-electron chi connectivity index (χ2n) is 7.71. The highest BCUT2D eigenvalue weighted by Gasteiger charge is 2.33. The molecule has 1 fully saturated rings. The third kappa shape index (κ3) is 5.37. The van der Waals surface area contributed by atoms with Crippen molar-refractivity contribution in [2.75, 3.05) is 18.4 Å². The number of piperidine rings is 1. The summed E-state index contributed by atoms with van der Waals surface area (Å²) >= 11 is 0. The SMILES string of the molecule is Cc1ccc(NC(=O)NCCC2CCCCN2S(=O)(=O)c2ccc(F)c(C)c2)cc1. The van der Waals surface area contributed by atoms with E-state index in [0.29, 0.717) is 30.8 Å². The number of rotatable bonds is 6. The molecule has 0 saturated carbocycles. The molecule has 0 aromatic heterocycles. The summed E-state index contributed by atoms with van der Waals surface area (Å²) in [5, 5.41) is 5.57. The van der Waals surface area contributed by atoms with E-state index in [4.69, 9.17) is 0 Å². The zero-order chi connectivity index (χ0) is 21.7. The number of nitrogens with one attached hydrogen (secondary N) is 2. The number of amides is 2. The Hall–Kier alpha value is -2.45. The van der Waals surface area contributed by atoms with Gasteiger partial charge in [-0.25, -0.2) is 17.6 Å². The van der Waals surface area contributed by atoms with Gasteiger partial charge in [-0.05, 0) is 69.0 Å². The second-order valence-corrected chi connectivity index (χ2v) is 9.60. The van der Waals surface area contributed by atoms with Gasteiger partial charge in [0, 0.05) is 24.8 Å². The van der Waals surface area contributed by atoms with Gasteiger partial charge in [0.2, 0.25) is 10.0 Å². The Morgan fingerprint density at radius 1 is 1.13 bits per heavy atom. The summed E-state index contributed by atoms with van der Waals surface area (Å²) in [6, 6.07) is 10.9. The fourth-order valence-electron chi connectivity index (χ4n) is 3.66. The Bertz CT molecular complexity index is 993. The van der Waals surface area contributed by atoms with E-state index in [1.807, 2.05) is 31.2 Å². The number of aryl methyl sites for hydroxylation is 2. The zero-order valence-electron chi connectivity index (χ0n) is 17.3. The standard InChI is InChI=1S/C22H28FN3O3S/c1-16-6-8-18(9-7-16)25-22(27)24-13-12-19-5-3-4-14-26(19)30(28,29)20-10-11-21(23)17(2)15-20/h6-11,15,19H,3-5,12-14H2,1-2H3,(H2,24,25,27). The Morgan fingerprint density at radius 2 is 1.87 bits per heavy atom. The van der Waals surface area contributed by atoms with Crippen LogP contribution >= 0.6 is 0 Å². The van der Waals surface area contributed by atoms with Crippen molar-refractivity contribution in [3.8, 4) is 0 Å². The van der Waals surface area contributed by atoms with E-state index in [2.05, 4.69) is 10.6 Å². The van der Waals surface area contributed by atoms with Gasteiger partial charge in [0.1, 0.15) is 5.82 Å². The summed E-state index contributed by atoms with van der Waals surface area (Å²) in [6.07, 6.45) is 2.98. The van der Waals surface area contributed by atoms with Crippen molar-refractivity contribution in [1.29, 1.82) is 0 Å². The number of hydrogen-bond acceptors (Lipinski definition) is 3. The van der Waals surface area contributed by atoms with E-state index in [1.54, 1.807) is 6.92 Å². The molecule has 1 aliphatic rings. The predicted molar refractivity (Wildman–Crippen MR) is 115 cm³/mol. The molecule has 3 rings (SSSR count). The van der Waals surface area contributed by atoms with Crippen LogP contribution in [0.3, 0.4) is 0 Å². The van der Waals surface area contributed by atoms with Gasteiger partial charge in [-0.2, -0.15) is 4.31 Å². The molecule has 0 radical (unpaired) electrons. The predicted octanol–water partition coefficient (Wildman–Crippen LogP) is 4.20. The van der Waals surface area contributed by atoms with Crippen LogP contribution in [0.1, 0.15) is 36.8 Å². The lowest BCUT2D eigenvalue weighted by atomic mass is 10.0. The van der Waals surface area contributed by atoms with Gasteiger partial charge in [0.25, 0.3) is 0 Å². The van der Waals surface area contributed by atoms with E-state index >= 15 is 0 Å². The molecular weight excluding hydrogens is 405 g/mol. The Balaban J connectivity index is 1.60.